The Morgan fingerprint density at radius 2 is 2.00 bits per heavy atom. The van der Waals surface area contributed by atoms with Gasteiger partial charge in [-0.25, -0.2) is 0 Å². The van der Waals surface area contributed by atoms with Gasteiger partial charge in [0, 0.05) is 22.8 Å². The largest absolute Gasteiger partial charge is 0.489 e. The SMILES string of the molecule is Cc1cc(C)c([N+](=O)[O-])cc1OC1CC(Cl)C1(C)C. The Morgan fingerprint density at radius 1 is 1.37 bits per heavy atom. The lowest BCUT2D eigenvalue weighted by molar-refractivity contribution is -0.385. The number of alkyl halides is 1. The van der Waals surface area contributed by atoms with E-state index in [-0.39, 0.29) is 27.5 Å². The van der Waals surface area contributed by atoms with Crippen LogP contribution < -0.4 is 4.74 Å². The summed E-state index contributed by atoms with van der Waals surface area (Å²) in [6.45, 7) is 7.74. The van der Waals surface area contributed by atoms with E-state index in [1.165, 1.54) is 6.07 Å². The van der Waals surface area contributed by atoms with Crippen molar-refractivity contribution in [3.05, 3.63) is 33.4 Å². The predicted molar refractivity (Wildman–Crippen MR) is 75.0 cm³/mol. The van der Waals surface area contributed by atoms with Crippen molar-refractivity contribution in [2.24, 2.45) is 5.41 Å². The lowest BCUT2D eigenvalue weighted by Crippen LogP contribution is -2.53. The molecule has 0 spiro atoms. The van der Waals surface area contributed by atoms with E-state index in [1.54, 1.807) is 13.0 Å². The number of aryl methyl sites for hydroxylation is 2. The summed E-state index contributed by atoms with van der Waals surface area (Å²) in [5, 5.41) is 11.1. The van der Waals surface area contributed by atoms with Crippen molar-refractivity contribution in [3.8, 4) is 5.75 Å². The van der Waals surface area contributed by atoms with Crippen LogP contribution in [0.4, 0.5) is 5.69 Å². The molecule has 4 nitrogen and oxygen atoms in total. The molecule has 1 aliphatic rings. The molecule has 1 aromatic rings. The summed E-state index contributed by atoms with van der Waals surface area (Å²) >= 11 is 6.16. The molecule has 1 fully saturated rings. The Bertz CT molecular complexity index is 528. The molecule has 104 valence electrons. The van der Waals surface area contributed by atoms with Crippen LogP contribution in [0.25, 0.3) is 0 Å². The van der Waals surface area contributed by atoms with Gasteiger partial charge in [0.25, 0.3) is 5.69 Å². The van der Waals surface area contributed by atoms with Gasteiger partial charge in [-0.2, -0.15) is 0 Å². The normalized spacial score (nSPS) is 24.7. The van der Waals surface area contributed by atoms with Crippen LogP contribution >= 0.6 is 11.6 Å². The van der Waals surface area contributed by atoms with Crippen molar-refractivity contribution in [1.82, 2.24) is 0 Å². The summed E-state index contributed by atoms with van der Waals surface area (Å²) in [7, 11) is 0. The molecule has 5 heteroatoms. The molecule has 0 aliphatic heterocycles. The molecule has 0 saturated heterocycles. The van der Waals surface area contributed by atoms with Gasteiger partial charge in [0.1, 0.15) is 11.9 Å². The number of ether oxygens (including phenoxy) is 1. The monoisotopic (exact) mass is 283 g/mol. The minimum absolute atomic E-state index is 0.0102. The quantitative estimate of drug-likeness (QED) is 0.479. The molecule has 19 heavy (non-hydrogen) atoms. The maximum atomic E-state index is 11.0. The second kappa shape index (κ2) is 4.67. The van der Waals surface area contributed by atoms with E-state index in [9.17, 15) is 10.1 Å². The molecule has 0 amide bonds. The van der Waals surface area contributed by atoms with Gasteiger partial charge < -0.3 is 4.74 Å². The van der Waals surface area contributed by atoms with Gasteiger partial charge in [0.05, 0.1) is 11.0 Å². The zero-order valence-electron chi connectivity index (χ0n) is 11.6. The maximum Gasteiger partial charge on any atom is 0.276 e. The second-order valence-electron chi connectivity index (χ2n) is 5.79. The highest BCUT2D eigenvalue weighted by atomic mass is 35.5. The number of hydrogen-bond acceptors (Lipinski definition) is 3. The Hall–Kier alpha value is -1.29. The molecular weight excluding hydrogens is 266 g/mol. The van der Waals surface area contributed by atoms with Crippen molar-refractivity contribution in [3.63, 3.8) is 0 Å². The molecular formula is C14H18ClNO3. The van der Waals surface area contributed by atoms with E-state index in [4.69, 9.17) is 16.3 Å². The smallest absolute Gasteiger partial charge is 0.276 e. The highest BCUT2D eigenvalue weighted by Gasteiger charge is 2.49. The van der Waals surface area contributed by atoms with Crippen LogP contribution in [0.5, 0.6) is 5.75 Å². The highest BCUT2D eigenvalue weighted by Crippen LogP contribution is 2.47. The molecule has 0 bridgehead atoms. The first-order valence-electron chi connectivity index (χ1n) is 6.30. The Balaban J connectivity index is 2.26. The number of hydrogen-bond donors (Lipinski definition) is 0. The summed E-state index contributed by atoms with van der Waals surface area (Å²) in [6, 6.07) is 3.31. The van der Waals surface area contributed by atoms with Crippen LogP contribution in [0.2, 0.25) is 0 Å². The number of nitro groups is 1. The summed E-state index contributed by atoms with van der Waals surface area (Å²) < 4.78 is 5.92. The zero-order chi connectivity index (χ0) is 14.4. The molecule has 2 unspecified atom stereocenters. The van der Waals surface area contributed by atoms with E-state index in [2.05, 4.69) is 13.8 Å². The van der Waals surface area contributed by atoms with Crippen LogP contribution in [0, 0.1) is 29.4 Å². The molecule has 0 radical (unpaired) electrons. The van der Waals surface area contributed by atoms with E-state index < -0.39 is 0 Å². The third-order valence-electron chi connectivity index (χ3n) is 4.02. The number of nitrogens with zero attached hydrogens (tertiary/aromatic N) is 1. The highest BCUT2D eigenvalue weighted by molar-refractivity contribution is 6.21. The van der Waals surface area contributed by atoms with E-state index >= 15 is 0 Å². The molecule has 1 saturated carbocycles. The van der Waals surface area contributed by atoms with Crippen LogP contribution in [0.3, 0.4) is 0 Å². The number of nitro benzene ring substituents is 1. The van der Waals surface area contributed by atoms with Gasteiger partial charge in [-0.15, -0.1) is 11.6 Å². The number of halogens is 1. The lowest BCUT2D eigenvalue weighted by atomic mass is 9.68. The molecule has 0 heterocycles. The molecule has 0 N–H and O–H groups in total. The van der Waals surface area contributed by atoms with E-state index in [0.717, 1.165) is 12.0 Å². The first-order chi connectivity index (χ1) is 8.73. The average Bonchev–Trinajstić information content (AvgIpc) is 2.31. The minimum atomic E-state index is -0.377. The second-order valence-corrected chi connectivity index (χ2v) is 6.32. The van der Waals surface area contributed by atoms with Gasteiger partial charge in [0.2, 0.25) is 0 Å². The third-order valence-corrected chi connectivity index (χ3v) is 4.76. The molecule has 2 rings (SSSR count). The van der Waals surface area contributed by atoms with Crippen molar-refractivity contribution in [2.45, 2.75) is 45.6 Å². The van der Waals surface area contributed by atoms with Crippen molar-refractivity contribution in [1.29, 1.82) is 0 Å². The van der Waals surface area contributed by atoms with Crippen LogP contribution in [0.1, 0.15) is 31.4 Å². The Labute approximate surface area is 117 Å². The number of rotatable bonds is 3. The summed E-state index contributed by atoms with van der Waals surface area (Å²) in [5.74, 6) is 0.582. The maximum absolute atomic E-state index is 11.0. The van der Waals surface area contributed by atoms with Crippen LogP contribution in [-0.4, -0.2) is 16.4 Å². The topological polar surface area (TPSA) is 52.4 Å². The molecule has 0 aromatic heterocycles. The summed E-state index contributed by atoms with van der Waals surface area (Å²) in [6.07, 6.45) is 0.784. The van der Waals surface area contributed by atoms with Crippen molar-refractivity contribution in [2.75, 3.05) is 0 Å². The lowest BCUT2D eigenvalue weighted by Gasteiger charge is -2.48. The van der Waals surface area contributed by atoms with Crippen molar-refractivity contribution < 1.29 is 9.66 Å². The van der Waals surface area contributed by atoms with Gasteiger partial charge in [-0.1, -0.05) is 13.8 Å². The summed E-state index contributed by atoms with van der Waals surface area (Å²) in [4.78, 5) is 10.6. The summed E-state index contributed by atoms with van der Waals surface area (Å²) in [5.41, 5.74) is 1.56. The molecule has 1 aliphatic carbocycles. The van der Waals surface area contributed by atoms with Gasteiger partial charge in [-0.05, 0) is 25.5 Å². The zero-order valence-corrected chi connectivity index (χ0v) is 12.3. The number of benzene rings is 1. The van der Waals surface area contributed by atoms with E-state index in [0.29, 0.717) is 11.3 Å². The Kier molecular flexibility index (Phi) is 3.47. The minimum Gasteiger partial charge on any atom is -0.489 e. The fraction of sp³-hybridized carbons (Fsp3) is 0.571. The Morgan fingerprint density at radius 3 is 2.47 bits per heavy atom. The third kappa shape index (κ3) is 2.41. The predicted octanol–water partition coefficient (Wildman–Crippen LogP) is 4.00. The van der Waals surface area contributed by atoms with E-state index in [1.807, 2.05) is 6.92 Å². The average molecular weight is 284 g/mol. The first kappa shape index (κ1) is 14.1. The molecule has 2 atom stereocenters. The fourth-order valence-corrected chi connectivity index (χ4v) is 2.64. The molecule has 1 aromatic carbocycles. The van der Waals surface area contributed by atoms with Gasteiger partial charge in [-0.3, -0.25) is 10.1 Å². The van der Waals surface area contributed by atoms with Gasteiger partial charge in [0.15, 0.2) is 0 Å². The van der Waals surface area contributed by atoms with Crippen molar-refractivity contribution >= 4 is 17.3 Å². The van der Waals surface area contributed by atoms with Crippen LogP contribution in [0.15, 0.2) is 12.1 Å². The first-order valence-corrected chi connectivity index (χ1v) is 6.73. The standard InChI is InChI=1S/C14H18ClNO3/c1-8-5-9(2)11(6-10(8)16(17)18)19-13-7-12(15)14(13,3)4/h5-6,12-13H,7H2,1-4H3. The van der Waals surface area contributed by atoms with Gasteiger partial charge >= 0.3 is 0 Å². The fourth-order valence-electron chi connectivity index (χ4n) is 2.34. The van der Waals surface area contributed by atoms with Crippen LogP contribution in [-0.2, 0) is 0 Å².